The van der Waals surface area contributed by atoms with Crippen LogP contribution in [0.25, 0.3) is 33.4 Å². The lowest BCUT2D eigenvalue weighted by molar-refractivity contribution is 0.582. The average Bonchev–Trinajstić information content (AvgIpc) is 3.09. The topological polar surface area (TPSA) is 26.0 Å². The fourth-order valence-corrected chi connectivity index (χ4v) is 2.50. The molecule has 2 aromatic heterocycles. The first kappa shape index (κ1) is 11.9. The van der Waals surface area contributed by atoms with Crippen molar-refractivity contribution in [3.8, 4) is 22.5 Å². The molecule has 4 aromatic rings. The van der Waals surface area contributed by atoms with E-state index in [0.717, 1.165) is 33.4 Å². The highest BCUT2D eigenvalue weighted by molar-refractivity contribution is 5.83. The maximum atomic E-state index is 5.41. The number of rotatable bonds is 2. The third-order valence-corrected chi connectivity index (χ3v) is 3.61. The number of para-hydroxylation sites is 1. The van der Waals surface area contributed by atoms with Crippen molar-refractivity contribution in [2.75, 3.05) is 0 Å². The molecule has 2 heterocycles. The van der Waals surface area contributed by atoms with Crippen LogP contribution in [0.2, 0.25) is 0 Å². The minimum absolute atomic E-state index is 0.887. The van der Waals surface area contributed by atoms with Gasteiger partial charge < -0.3 is 4.42 Å². The number of benzene rings is 2. The van der Waals surface area contributed by atoms with Gasteiger partial charge in [0.25, 0.3) is 0 Å². The molecule has 0 bridgehead atoms. The van der Waals surface area contributed by atoms with E-state index in [1.54, 1.807) is 6.26 Å². The van der Waals surface area contributed by atoms with Crippen molar-refractivity contribution in [2.24, 2.45) is 0 Å². The van der Waals surface area contributed by atoms with E-state index in [1.807, 2.05) is 36.5 Å². The molecule has 21 heavy (non-hydrogen) atoms. The van der Waals surface area contributed by atoms with E-state index < -0.39 is 0 Å². The quantitative estimate of drug-likeness (QED) is 0.503. The van der Waals surface area contributed by atoms with Gasteiger partial charge in [-0.15, -0.1) is 0 Å². The second kappa shape index (κ2) is 4.91. The van der Waals surface area contributed by atoms with Crippen molar-refractivity contribution >= 4 is 10.9 Å². The second-order valence-corrected chi connectivity index (χ2v) is 4.97. The minimum Gasteiger partial charge on any atom is -0.464 e. The molecule has 0 atom stereocenters. The van der Waals surface area contributed by atoms with Gasteiger partial charge in [0.05, 0.1) is 11.8 Å². The zero-order valence-corrected chi connectivity index (χ0v) is 11.4. The van der Waals surface area contributed by atoms with Crippen LogP contribution in [0, 0.1) is 0 Å². The number of aromatic nitrogens is 1. The molecule has 100 valence electrons. The summed E-state index contributed by atoms with van der Waals surface area (Å²) in [7, 11) is 0. The van der Waals surface area contributed by atoms with Gasteiger partial charge in [0.1, 0.15) is 5.76 Å². The predicted octanol–water partition coefficient (Wildman–Crippen LogP) is 5.16. The Morgan fingerprint density at radius 1 is 0.714 bits per heavy atom. The van der Waals surface area contributed by atoms with Gasteiger partial charge in [-0.3, -0.25) is 4.98 Å². The van der Waals surface area contributed by atoms with E-state index in [2.05, 4.69) is 41.4 Å². The highest BCUT2D eigenvalue weighted by Gasteiger charge is 2.03. The largest absolute Gasteiger partial charge is 0.464 e. The van der Waals surface area contributed by atoms with Crippen molar-refractivity contribution in [2.45, 2.75) is 0 Å². The van der Waals surface area contributed by atoms with Crippen molar-refractivity contribution in [3.63, 3.8) is 0 Å². The third-order valence-electron chi connectivity index (χ3n) is 3.61. The standard InChI is InChI=1S/C19H13NO/c1-2-5-18-16(4-1)12-17(13-20-18)14-7-9-15(10-8-14)19-6-3-11-21-19/h1-13H. The normalized spacial score (nSPS) is 10.9. The summed E-state index contributed by atoms with van der Waals surface area (Å²) < 4.78 is 5.41. The summed E-state index contributed by atoms with van der Waals surface area (Å²) >= 11 is 0. The van der Waals surface area contributed by atoms with Crippen molar-refractivity contribution in [3.05, 3.63) is 79.2 Å². The predicted molar refractivity (Wildman–Crippen MR) is 84.9 cm³/mol. The lowest BCUT2D eigenvalue weighted by Crippen LogP contribution is -1.83. The van der Waals surface area contributed by atoms with Gasteiger partial charge in [-0.2, -0.15) is 0 Å². The van der Waals surface area contributed by atoms with E-state index in [-0.39, 0.29) is 0 Å². The molecule has 2 nitrogen and oxygen atoms in total. The maximum absolute atomic E-state index is 5.41. The van der Waals surface area contributed by atoms with Gasteiger partial charge in [-0.1, -0.05) is 42.5 Å². The molecule has 2 heteroatoms. The molecule has 0 saturated heterocycles. The Labute approximate surface area is 122 Å². The van der Waals surface area contributed by atoms with Crippen LogP contribution in [-0.2, 0) is 0 Å². The first-order chi connectivity index (χ1) is 10.4. The Hall–Kier alpha value is -2.87. The summed E-state index contributed by atoms with van der Waals surface area (Å²) in [5.41, 5.74) is 4.38. The Balaban J connectivity index is 1.74. The molecular weight excluding hydrogens is 258 g/mol. The molecule has 0 spiro atoms. The van der Waals surface area contributed by atoms with Gasteiger partial charge in [-0.05, 0) is 29.8 Å². The van der Waals surface area contributed by atoms with Crippen LogP contribution in [0.15, 0.2) is 83.6 Å². The molecule has 2 aromatic carbocycles. The third kappa shape index (κ3) is 2.21. The van der Waals surface area contributed by atoms with Crippen molar-refractivity contribution < 1.29 is 4.42 Å². The molecular formula is C19H13NO. The van der Waals surface area contributed by atoms with Crippen molar-refractivity contribution in [1.82, 2.24) is 4.98 Å². The summed E-state index contributed by atoms with van der Waals surface area (Å²) in [6.45, 7) is 0. The molecule has 0 aliphatic rings. The molecule has 0 aliphatic heterocycles. The zero-order chi connectivity index (χ0) is 14.1. The number of fused-ring (bicyclic) bond motifs is 1. The smallest absolute Gasteiger partial charge is 0.133 e. The SMILES string of the molecule is c1coc(-c2ccc(-c3cnc4ccccc4c3)cc2)c1. The summed E-state index contributed by atoms with van der Waals surface area (Å²) in [5, 5.41) is 1.16. The van der Waals surface area contributed by atoms with Crippen molar-refractivity contribution in [1.29, 1.82) is 0 Å². The number of hydrogen-bond donors (Lipinski definition) is 0. The number of furan rings is 1. The van der Waals surface area contributed by atoms with Crippen LogP contribution < -0.4 is 0 Å². The monoisotopic (exact) mass is 271 g/mol. The highest BCUT2D eigenvalue weighted by Crippen LogP contribution is 2.26. The lowest BCUT2D eigenvalue weighted by atomic mass is 10.0. The fourth-order valence-electron chi connectivity index (χ4n) is 2.50. The van der Waals surface area contributed by atoms with Gasteiger partial charge >= 0.3 is 0 Å². The number of hydrogen-bond acceptors (Lipinski definition) is 2. The highest BCUT2D eigenvalue weighted by atomic mass is 16.3. The zero-order valence-electron chi connectivity index (χ0n) is 11.4. The molecule has 0 unspecified atom stereocenters. The molecule has 0 fully saturated rings. The molecule has 0 amide bonds. The summed E-state index contributed by atoms with van der Waals surface area (Å²) in [4.78, 5) is 4.51. The van der Waals surface area contributed by atoms with Gasteiger partial charge in [0.2, 0.25) is 0 Å². The Morgan fingerprint density at radius 3 is 2.33 bits per heavy atom. The summed E-state index contributed by atoms with van der Waals surface area (Å²) in [6, 6.07) is 22.5. The molecule has 0 aliphatic carbocycles. The van der Waals surface area contributed by atoms with Gasteiger partial charge in [0, 0.05) is 22.7 Å². The second-order valence-electron chi connectivity index (χ2n) is 4.97. The molecule has 0 N–H and O–H groups in total. The van der Waals surface area contributed by atoms with E-state index >= 15 is 0 Å². The van der Waals surface area contributed by atoms with Crippen LogP contribution in [0.3, 0.4) is 0 Å². The van der Waals surface area contributed by atoms with Gasteiger partial charge in [-0.25, -0.2) is 0 Å². The van der Waals surface area contributed by atoms with Crippen LogP contribution in [-0.4, -0.2) is 4.98 Å². The van der Waals surface area contributed by atoms with Crippen LogP contribution in [0.5, 0.6) is 0 Å². The Kier molecular flexibility index (Phi) is 2.79. The first-order valence-electron chi connectivity index (χ1n) is 6.89. The maximum Gasteiger partial charge on any atom is 0.133 e. The van der Waals surface area contributed by atoms with Gasteiger partial charge in [0.15, 0.2) is 0 Å². The lowest BCUT2D eigenvalue weighted by Gasteiger charge is -2.04. The van der Waals surface area contributed by atoms with E-state index in [1.165, 1.54) is 0 Å². The minimum atomic E-state index is 0.887. The van der Waals surface area contributed by atoms with Crippen LogP contribution in [0.4, 0.5) is 0 Å². The first-order valence-corrected chi connectivity index (χ1v) is 6.89. The molecule has 0 radical (unpaired) electrons. The van der Waals surface area contributed by atoms with Crippen LogP contribution >= 0.6 is 0 Å². The van der Waals surface area contributed by atoms with E-state index in [9.17, 15) is 0 Å². The van der Waals surface area contributed by atoms with E-state index in [0.29, 0.717) is 0 Å². The number of nitrogens with zero attached hydrogens (tertiary/aromatic N) is 1. The fraction of sp³-hybridized carbons (Fsp3) is 0. The Bertz CT molecular complexity index is 877. The van der Waals surface area contributed by atoms with E-state index in [4.69, 9.17) is 4.42 Å². The van der Waals surface area contributed by atoms with Crippen LogP contribution in [0.1, 0.15) is 0 Å². The number of pyridine rings is 1. The summed E-state index contributed by atoms with van der Waals surface area (Å²) in [5.74, 6) is 0.887. The summed E-state index contributed by atoms with van der Waals surface area (Å²) in [6.07, 6.45) is 3.61. The molecule has 0 saturated carbocycles. The average molecular weight is 271 g/mol. The molecule has 4 rings (SSSR count). The Morgan fingerprint density at radius 2 is 1.52 bits per heavy atom.